The van der Waals surface area contributed by atoms with Crippen molar-refractivity contribution in [3.05, 3.63) is 120 Å². The molecule has 742 valence electrons. The molecule has 0 bridgehead atoms. The van der Waals surface area contributed by atoms with Gasteiger partial charge in [-0.1, -0.05) is 88.1 Å². The topological polar surface area (TPSA) is 684 Å². The minimum atomic E-state index is -2.02. The lowest BCUT2D eigenvalue weighted by atomic mass is 10.00. The van der Waals surface area contributed by atoms with Crippen LogP contribution in [0.4, 0.5) is 0 Å². The van der Waals surface area contributed by atoms with Gasteiger partial charge in [-0.15, -0.1) is 11.8 Å². The molecular formula is C90H121N21O25S. The summed E-state index contributed by atoms with van der Waals surface area (Å²) in [5, 5.41) is 89.7. The van der Waals surface area contributed by atoms with Gasteiger partial charge >= 0.3 is 17.9 Å². The predicted molar refractivity (Wildman–Crippen MR) is 491 cm³/mol. The largest absolute Gasteiger partial charge is 0.508 e. The first-order valence-corrected chi connectivity index (χ1v) is 46.2. The number of phenols is 1. The maximum absolute atomic E-state index is 15.8. The van der Waals surface area contributed by atoms with Crippen LogP contribution < -0.4 is 64.6 Å². The Hall–Kier alpha value is -14.1. The first-order valence-electron chi connectivity index (χ1n) is 45.0. The standard InChI is InChI=1S/C90H121N21O25S/c1-7-9-19-68-83(129)98-58(29-30-91)79(125)105-66(78(124)95-40-72(92)115)45-137-46-73(116)97-62(32-49-23-25-53(113)26-24-49)86(132)106(4)48(3)77(123)102-64(37-75(119)120)89(135)110-31-15-22-69(110)84(130)101-61(35-52-39-93-47-96-52)81(127)99-59(27-28-74(117)118)88(134)111-42-54(114)36-71(111)85(131)100-60(33-50-38-94-57-18-13-11-16-55(50)57)80(126)104-65(44-112)82(128)103-63(87(133)108(6)70(20-10-8-2)90(136)107(68)5)34-51-41-109(43-76(121)122)67-21-14-12-17-56(51)67/h11-14,16-18,21,23-26,38-39,41,47-48,54,58-66,68-71,94,112-114H,7-10,15,19-20,22,27-37,40,42-46,91H2,1-6H3,(H2,92,115)(H,93,96)(H,95,124)(H,97,116)(H,98,129)(H,99,127)(H,100,131)(H,101,130)(H,102,123)(H,103,128)(H,104,126)(H,105,125)(H,117,118)(H,119,120)(H,121,122)/t48-,54?,58-,59-,60-,61-,62-,63-,64-,65-,66-,68-,69-,70-,71-/m0/s1. The molecule has 3 fully saturated rings. The number of amides is 16. The molecule has 0 spiro atoms. The first kappa shape index (κ1) is 107. The van der Waals surface area contributed by atoms with Crippen LogP contribution >= 0.6 is 11.8 Å². The molecule has 46 nitrogen and oxygen atoms in total. The van der Waals surface area contributed by atoms with Gasteiger partial charge in [0.25, 0.3) is 0 Å². The van der Waals surface area contributed by atoms with Gasteiger partial charge in [0.1, 0.15) is 96.9 Å². The maximum atomic E-state index is 15.8. The molecule has 3 saturated heterocycles. The molecule has 6 aromatic rings. The van der Waals surface area contributed by atoms with Gasteiger partial charge in [-0.3, -0.25) is 91.1 Å². The number of hydrogen-bond donors (Lipinski definition) is 20. The molecular weight excluding hydrogens is 1810 g/mol. The average Bonchev–Trinajstić information content (AvgIpc) is 1.64. The molecule has 16 amide bonds. The summed E-state index contributed by atoms with van der Waals surface area (Å²) in [4.78, 5) is 289. The fraction of sp³-hybridized carbons (Fsp3) is 0.511. The van der Waals surface area contributed by atoms with Gasteiger partial charge in [0.05, 0.1) is 37.8 Å². The summed E-state index contributed by atoms with van der Waals surface area (Å²) in [5.41, 5.74) is 13.7. The lowest BCUT2D eigenvalue weighted by molar-refractivity contribution is -0.149. The van der Waals surface area contributed by atoms with Gasteiger partial charge in [0.2, 0.25) is 94.5 Å². The van der Waals surface area contributed by atoms with Crippen molar-refractivity contribution in [1.29, 1.82) is 0 Å². The average molecular weight is 1930 g/mol. The Bertz CT molecular complexity index is 5360. The molecule has 47 heteroatoms. The molecule has 9 rings (SSSR count). The fourth-order valence-electron chi connectivity index (χ4n) is 16.7. The number of nitrogens with zero attached hydrogens (tertiary/aromatic N) is 7. The minimum absolute atomic E-state index is 0.0594. The number of aromatic hydroxyl groups is 1. The Labute approximate surface area is 791 Å². The summed E-state index contributed by atoms with van der Waals surface area (Å²) in [6.07, 6.45) is 0.156. The number of aliphatic hydroxyl groups is 2. The molecule has 3 aliphatic heterocycles. The summed E-state index contributed by atoms with van der Waals surface area (Å²) in [6, 6.07) is -4.95. The second-order valence-electron chi connectivity index (χ2n) is 34.1. The van der Waals surface area contributed by atoms with Crippen LogP contribution in [0.1, 0.15) is 127 Å². The van der Waals surface area contributed by atoms with Crippen molar-refractivity contribution in [2.24, 2.45) is 11.5 Å². The van der Waals surface area contributed by atoms with E-state index in [1.54, 1.807) is 62.4 Å². The number of aromatic amines is 2. The number of imidazole rings is 1. The number of thioether (sulfide) groups is 1. The van der Waals surface area contributed by atoms with Crippen LogP contribution in [0.5, 0.6) is 5.75 Å². The van der Waals surface area contributed by atoms with Crippen LogP contribution in [0.3, 0.4) is 0 Å². The van der Waals surface area contributed by atoms with Crippen molar-refractivity contribution in [3.8, 4) is 5.75 Å². The molecule has 137 heavy (non-hydrogen) atoms. The number of fused-ring (bicyclic) bond motifs is 4. The molecule has 0 aliphatic carbocycles. The number of hydrogen-bond acceptors (Lipinski definition) is 25. The Morgan fingerprint density at radius 2 is 1.13 bits per heavy atom. The molecule has 6 heterocycles. The van der Waals surface area contributed by atoms with Gasteiger partial charge in [-0.05, 0) is 92.9 Å². The van der Waals surface area contributed by atoms with Gasteiger partial charge in [0, 0.05) is 125 Å². The number of carbonyl (C=O) groups excluding carboxylic acids is 16. The van der Waals surface area contributed by atoms with Crippen molar-refractivity contribution in [3.63, 3.8) is 0 Å². The number of H-pyrrole nitrogens is 2. The third kappa shape index (κ3) is 29.2. The van der Waals surface area contributed by atoms with Crippen molar-refractivity contribution in [2.45, 2.75) is 227 Å². The third-order valence-electron chi connectivity index (χ3n) is 24.2. The normalized spacial score (nSPS) is 24.5. The fourth-order valence-corrected chi connectivity index (χ4v) is 17.6. The molecule has 3 aromatic carbocycles. The van der Waals surface area contributed by atoms with Crippen LogP contribution in [0.2, 0.25) is 0 Å². The molecule has 0 radical (unpaired) electrons. The number of aliphatic hydroxyl groups excluding tert-OH is 2. The number of unbranched alkanes of at least 4 members (excludes halogenated alkanes) is 2. The number of aromatic nitrogens is 4. The van der Waals surface area contributed by atoms with Crippen molar-refractivity contribution in [1.82, 2.24) is 97.2 Å². The van der Waals surface area contributed by atoms with E-state index in [1.807, 2.05) is 0 Å². The lowest BCUT2D eigenvalue weighted by Crippen LogP contribution is -2.62. The number of primary amides is 1. The van der Waals surface area contributed by atoms with E-state index < -0.39 is 286 Å². The zero-order valence-electron chi connectivity index (χ0n) is 76.7. The van der Waals surface area contributed by atoms with Crippen LogP contribution in [-0.4, -0.2) is 343 Å². The highest BCUT2D eigenvalue weighted by atomic mass is 32.2. The second-order valence-corrected chi connectivity index (χ2v) is 35.2. The summed E-state index contributed by atoms with van der Waals surface area (Å²) < 4.78 is 1.38. The second kappa shape index (κ2) is 50.5. The quantitative estimate of drug-likeness (QED) is 0.0235. The predicted octanol–water partition coefficient (Wildman–Crippen LogP) is -3.87. The Morgan fingerprint density at radius 3 is 1.77 bits per heavy atom. The number of nitrogens with two attached hydrogens (primary N) is 2. The van der Waals surface area contributed by atoms with E-state index in [9.17, 15) is 83.4 Å². The van der Waals surface area contributed by atoms with E-state index >= 15 is 38.4 Å². The van der Waals surface area contributed by atoms with Crippen molar-refractivity contribution >= 4 is 146 Å². The van der Waals surface area contributed by atoms with Gasteiger partial charge in [-0.25, -0.2) is 4.98 Å². The lowest BCUT2D eigenvalue weighted by Gasteiger charge is -2.36. The molecule has 3 aliphatic rings. The van der Waals surface area contributed by atoms with Crippen LogP contribution in [0.25, 0.3) is 21.8 Å². The van der Waals surface area contributed by atoms with E-state index in [1.165, 1.54) is 74.8 Å². The number of phenolic OH excluding ortho intramolecular Hbond substituents is 1. The van der Waals surface area contributed by atoms with E-state index in [0.29, 0.717) is 45.8 Å². The SMILES string of the molecule is CCCC[C@H]1C(=O)N(C)[C@@H](CCCC)C(=O)N[C@@H](CCN)C(=O)N[C@H](C(=O)NCC(N)=O)CSCC(=O)N[C@@H](Cc2ccc(O)cc2)C(=O)N(C)[C@@H](C)C(=O)N[C@@H](CC(=O)O)C(=O)N2CCC[C@H]2C(=O)N[C@@H](Cc2cnc[nH]2)C(=O)N[C@@H](CCC(=O)O)C(=O)N2CC(O)C[C@H]2C(=O)N[C@@H](Cc2c[nH]c3ccccc23)C(=O)N[C@@H](CO)C(=O)N[C@@H](Cc2cn(CC(=O)O)c3ccccc23)C(=O)N1C. The Morgan fingerprint density at radius 1 is 0.555 bits per heavy atom. The number of aliphatic carboxylic acids is 3. The third-order valence-corrected chi connectivity index (χ3v) is 25.2. The zero-order valence-corrected chi connectivity index (χ0v) is 77.5. The Kier molecular flexibility index (Phi) is 39.3. The van der Waals surface area contributed by atoms with Crippen LogP contribution in [0.15, 0.2) is 97.7 Å². The molecule has 15 atom stereocenters. The van der Waals surface area contributed by atoms with Crippen molar-refractivity contribution in [2.75, 3.05) is 65.4 Å². The number of rotatable bonds is 27. The summed E-state index contributed by atoms with van der Waals surface area (Å²) >= 11 is 0.729. The number of carboxylic acids is 3. The van der Waals surface area contributed by atoms with E-state index in [4.69, 9.17) is 11.5 Å². The molecule has 0 saturated carbocycles. The highest BCUT2D eigenvalue weighted by molar-refractivity contribution is 8.00. The van der Waals surface area contributed by atoms with E-state index in [0.717, 1.165) is 43.3 Å². The van der Waals surface area contributed by atoms with Gasteiger partial charge in [-0.2, -0.15) is 0 Å². The monoisotopic (exact) mass is 1930 g/mol. The van der Waals surface area contributed by atoms with E-state index in [-0.39, 0.29) is 81.5 Å². The number of nitrogens with one attached hydrogen (secondary N) is 12. The highest BCUT2D eigenvalue weighted by Gasteiger charge is 2.47. The Balaban J connectivity index is 1.11. The summed E-state index contributed by atoms with van der Waals surface area (Å²) in [6.45, 7) is 1.15. The molecule has 1 unspecified atom stereocenters. The smallest absolute Gasteiger partial charge is 0.323 e. The van der Waals surface area contributed by atoms with E-state index in [2.05, 4.69) is 68.1 Å². The molecule has 3 aromatic heterocycles. The number of likely N-dealkylation sites (N-methyl/N-ethyl adjacent to an activating group) is 3. The maximum Gasteiger partial charge on any atom is 0.323 e. The highest BCUT2D eigenvalue weighted by Crippen LogP contribution is 2.29. The van der Waals surface area contributed by atoms with Crippen molar-refractivity contribution < 1.29 is 122 Å². The van der Waals surface area contributed by atoms with Crippen LogP contribution in [0, 0.1) is 0 Å². The van der Waals surface area contributed by atoms with Crippen LogP contribution in [-0.2, 0) is 123 Å². The summed E-state index contributed by atoms with van der Waals surface area (Å²) in [5.74, 6) is -22.2. The number of carboxylic acid groups (broad SMARTS) is 3. The minimum Gasteiger partial charge on any atom is -0.508 e. The number of para-hydroxylation sites is 2. The van der Waals surface area contributed by atoms with Gasteiger partial charge < -0.3 is 134 Å². The number of benzene rings is 3. The number of carbonyl (C=O) groups is 19. The molecule has 22 N–H and O–H groups in total. The summed E-state index contributed by atoms with van der Waals surface area (Å²) in [7, 11) is 3.72. The van der Waals surface area contributed by atoms with Gasteiger partial charge in [0.15, 0.2) is 0 Å². The zero-order chi connectivity index (χ0) is 100. The first-order chi connectivity index (χ1) is 65.2.